The maximum atomic E-state index is 13.3. The molecule has 10 heteroatoms. The average Bonchev–Trinajstić information content (AvgIpc) is 3.24. The Balaban J connectivity index is 1.69. The first-order valence-electron chi connectivity index (χ1n) is 11.1. The number of benzene rings is 2. The van der Waals surface area contributed by atoms with Gasteiger partial charge in [-0.3, -0.25) is 9.71 Å². The molecule has 2 aromatic carbocycles. The zero-order valence-electron chi connectivity index (χ0n) is 20.0. The van der Waals surface area contributed by atoms with Gasteiger partial charge in [0.25, 0.3) is 10.0 Å². The summed E-state index contributed by atoms with van der Waals surface area (Å²) in [6.07, 6.45) is 0. The number of anilines is 2. The van der Waals surface area contributed by atoms with Crippen molar-refractivity contribution in [2.75, 3.05) is 35.9 Å². The topological polar surface area (TPSA) is 94.1 Å². The van der Waals surface area contributed by atoms with Gasteiger partial charge in [0.2, 0.25) is 0 Å². The van der Waals surface area contributed by atoms with Crippen molar-refractivity contribution in [3.8, 4) is 0 Å². The highest BCUT2D eigenvalue weighted by Gasteiger charge is 2.21. The van der Waals surface area contributed by atoms with Gasteiger partial charge in [-0.25, -0.2) is 8.42 Å². The van der Waals surface area contributed by atoms with E-state index in [1.807, 2.05) is 26.8 Å². The number of ether oxygens (including phenoxy) is 1. The summed E-state index contributed by atoms with van der Waals surface area (Å²) in [4.78, 5) is 6.86. The fourth-order valence-corrected chi connectivity index (χ4v) is 6.81. The summed E-state index contributed by atoms with van der Waals surface area (Å²) in [5.74, 6) is -0.504. The molecule has 3 aromatic rings. The minimum Gasteiger partial charge on any atom is -0.858 e. The van der Waals surface area contributed by atoms with Crippen LogP contribution in [0.3, 0.4) is 0 Å². The number of morpholine rings is 1. The van der Waals surface area contributed by atoms with Gasteiger partial charge in [0.15, 0.2) is 0 Å². The lowest BCUT2D eigenvalue weighted by Crippen LogP contribution is -2.37. The smallest absolute Gasteiger partial charge is 0.263 e. The first kappa shape index (κ1) is 25.5. The molecule has 2 heterocycles. The van der Waals surface area contributed by atoms with Crippen molar-refractivity contribution in [3.05, 3.63) is 67.9 Å². The van der Waals surface area contributed by atoms with E-state index < -0.39 is 15.9 Å². The van der Waals surface area contributed by atoms with Gasteiger partial charge in [-0.1, -0.05) is 23.7 Å². The highest BCUT2D eigenvalue weighted by molar-refractivity contribution is 7.92. The largest absolute Gasteiger partial charge is 0.858 e. The monoisotopic (exact) mass is 532 g/mol. The van der Waals surface area contributed by atoms with Crippen LogP contribution in [0.2, 0.25) is 5.02 Å². The first-order valence-corrected chi connectivity index (χ1v) is 13.9. The van der Waals surface area contributed by atoms with Gasteiger partial charge in [-0.05, 0) is 73.5 Å². The van der Waals surface area contributed by atoms with Crippen LogP contribution in [0, 0.1) is 27.7 Å². The summed E-state index contributed by atoms with van der Waals surface area (Å²) in [6.45, 7) is 10.6. The summed E-state index contributed by atoms with van der Waals surface area (Å²) < 4.78 is 34.0. The van der Waals surface area contributed by atoms with Crippen LogP contribution in [-0.4, -0.2) is 40.6 Å². The van der Waals surface area contributed by atoms with Crippen molar-refractivity contribution in [2.24, 2.45) is 4.99 Å². The minimum atomic E-state index is -3.99. The maximum Gasteiger partial charge on any atom is 0.263 e. The van der Waals surface area contributed by atoms with Crippen LogP contribution < -0.4 is 14.7 Å². The molecule has 35 heavy (non-hydrogen) atoms. The lowest BCUT2D eigenvalue weighted by atomic mass is 10.0. The number of thiophene rings is 1. The number of hydrogen-bond acceptors (Lipinski definition) is 7. The SMILES string of the molecule is Cc1ccc(S(=O)(=O)Nc2ccsc2C([O-])=Nc2c(C)cc(C)c(N3CCOCC3)c2C)c(Cl)c1. The quantitative estimate of drug-likeness (QED) is 0.366. The maximum absolute atomic E-state index is 13.3. The number of nitrogens with one attached hydrogen (secondary N) is 1. The van der Waals surface area contributed by atoms with Crippen LogP contribution in [0.4, 0.5) is 17.1 Å². The standard InChI is InChI=1S/C25H28ClN3O4S2/c1-15-5-6-21(19(26)13-15)35(31,32)28-20-7-12-34-24(20)25(30)27-22-16(2)14-17(3)23(18(22)4)29-8-10-33-11-9-29/h5-7,12-14,28H,8-11H2,1-4H3,(H,27,30)/p-1. The summed E-state index contributed by atoms with van der Waals surface area (Å²) in [7, 11) is -3.99. The number of aliphatic imine (C=N–C) groups is 1. The second-order valence-corrected chi connectivity index (χ2v) is 11.5. The molecule has 0 spiro atoms. The van der Waals surface area contributed by atoms with E-state index in [0.29, 0.717) is 18.9 Å². The molecule has 0 saturated carbocycles. The van der Waals surface area contributed by atoms with Gasteiger partial charge in [-0.15, -0.1) is 11.3 Å². The van der Waals surface area contributed by atoms with E-state index in [9.17, 15) is 13.5 Å². The number of hydrogen-bond donors (Lipinski definition) is 1. The molecule has 0 unspecified atom stereocenters. The van der Waals surface area contributed by atoms with E-state index in [1.54, 1.807) is 23.6 Å². The summed E-state index contributed by atoms with van der Waals surface area (Å²) in [5, 5.41) is 15.0. The molecule has 1 aliphatic rings. The number of nitrogens with zero attached hydrogens (tertiary/aromatic N) is 2. The Bertz CT molecular complexity index is 1390. The van der Waals surface area contributed by atoms with Crippen molar-refractivity contribution in [1.82, 2.24) is 0 Å². The van der Waals surface area contributed by atoms with Crippen molar-refractivity contribution >= 4 is 55.9 Å². The normalized spacial score (nSPS) is 14.9. The van der Waals surface area contributed by atoms with Crippen LogP contribution in [0.15, 0.2) is 45.6 Å². The Kier molecular flexibility index (Phi) is 7.42. The fourth-order valence-electron chi connectivity index (χ4n) is 4.34. The van der Waals surface area contributed by atoms with Crippen molar-refractivity contribution < 1.29 is 18.3 Å². The first-order chi connectivity index (χ1) is 16.6. The lowest BCUT2D eigenvalue weighted by Gasteiger charge is -2.32. The van der Waals surface area contributed by atoms with Gasteiger partial charge in [0.05, 0.1) is 34.5 Å². The third-order valence-electron chi connectivity index (χ3n) is 5.91. The molecular weight excluding hydrogens is 506 g/mol. The third kappa shape index (κ3) is 5.33. The zero-order valence-corrected chi connectivity index (χ0v) is 22.4. The third-order valence-corrected chi connectivity index (χ3v) is 8.66. The number of sulfonamides is 1. The fraction of sp³-hybridized carbons (Fsp3) is 0.320. The predicted molar refractivity (Wildman–Crippen MR) is 141 cm³/mol. The van der Waals surface area contributed by atoms with E-state index in [0.717, 1.165) is 52.4 Å². The van der Waals surface area contributed by atoms with E-state index in [2.05, 4.69) is 21.5 Å². The van der Waals surface area contributed by atoms with E-state index in [-0.39, 0.29) is 20.5 Å². The predicted octanol–water partition coefficient (Wildman–Crippen LogP) is 4.71. The Morgan fingerprint density at radius 1 is 1.11 bits per heavy atom. The Hall–Kier alpha value is -2.59. The molecule has 7 nitrogen and oxygen atoms in total. The van der Waals surface area contributed by atoms with Crippen molar-refractivity contribution in [3.63, 3.8) is 0 Å². The second-order valence-electron chi connectivity index (χ2n) is 8.55. The summed E-state index contributed by atoms with van der Waals surface area (Å²) >= 11 is 7.31. The number of aryl methyl sites for hydroxylation is 3. The summed E-state index contributed by atoms with van der Waals surface area (Å²) in [6, 6.07) is 8.29. The van der Waals surface area contributed by atoms with Crippen LogP contribution in [-0.2, 0) is 14.8 Å². The van der Waals surface area contributed by atoms with Gasteiger partial charge >= 0.3 is 0 Å². The lowest BCUT2D eigenvalue weighted by molar-refractivity contribution is -0.212. The Morgan fingerprint density at radius 2 is 1.83 bits per heavy atom. The van der Waals surface area contributed by atoms with Gasteiger partial charge < -0.3 is 14.7 Å². The number of halogens is 1. The van der Waals surface area contributed by atoms with E-state index in [1.165, 1.54) is 6.07 Å². The van der Waals surface area contributed by atoms with Gasteiger partial charge in [0, 0.05) is 24.7 Å². The van der Waals surface area contributed by atoms with Crippen LogP contribution in [0.5, 0.6) is 0 Å². The zero-order chi connectivity index (χ0) is 25.3. The molecule has 1 aromatic heterocycles. The van der Waals surface area contributed by atoms with E-state index in [4.69, 9.17) is 16.3 Å². The molecule has 1 fully saturated rings. The molecule has 0 atom stereocenters. The molecule has 1 N–H and O–H groups in total. The van der Waals surface area contributed by atoms with Crippen LogP contribution >= 0.6 is 22.9 Å². The minimum absolute atomic E-state index is 0.0494. The van der Waals surface area contributed by atoms with Crippen LogP contribution in [0.1, 0.15) is 27.1 Å². The molecule has 186 valence electrons. The molecule has 0 amide bonds. The van der Waals surface area contributed by atoms with Gasteiger partial charge in [-0.2, -0.15) is 0 Å². The van der Waals surface area contributed by atoms with Gasteiger partial charge in [0.1, 0.15) is 4.90 Å². The highest BCUT2D eigenvalue weighted by Crippen LogP contribution is 2.37. The summed E-state index contributed by atoms with van der Waals surface area (Å²) in [5.41, 5.74) is 5.61. The Labute approximate surface area is 215 Å². The molecule has 0 bridgehead atoms. The molecule has 1 aliphatic heterocycles. The average molecular weight is 533 g/mol. The molecule has 0 radical (unpaired) electrons. The second kappa shape index (κ2) is 10.2. The molecular formula is C25H27ClN3O4S2-. The van der Waals surface area contributed by atoms with E-state index >= 15 is 0 Å². The Morgan fingerprint density at radius 3 is 2.51 bits per heavy atom. The van der Waals surface area contributed by atoms with Crippen LogP contribution in [0.25, 0.3) is 0 Å². The molecule has 4 rings (SSSR count). The molecule has 1 saturated heterocycles. The van der Waals surface area contributed by atoms with Crippen molar-refractivity contribution in [2.45, 2.75) is 32.6 Å². The number of rotatable bonds is 6. The highest BCUT2D eigenvalue weighted by atomic mass is 35.5. The molecule has 0 aliphatic carbocycles. The van der Waals surface area contributed by atoms with Crippen molar-refractivity contribution in [1.29, 1.82) is 0 Å².